The van der Waals surface area contributed by atoms with Crippen LogP contribution in [-0.2, 0) is 6.42 Å². The van der Waals surface area contributed by atoms with E-state index in [1.54, 1.807) is 0 Å². The summed E-state index contributed by atoms with van der Waals surface area (Å²) in [5.74, 6) is 0.936. The number of aryl methyl sites for hydroxylation is 1. The van der Waals surface area contributed by atoms with Gasteiger partial charge in [-0.3, -0.25) is 0 Å². The van der Waals surface area contributed by atoms with Gasteiger partial charge in [-0.2, -0.15) is 0 Å². The summed E-state index contributed by atoms with van der Waals surface area (Å²) in [4.78, 5) is 2.85. The first kappa shape index (κ1) is 11.4. The molecule has 0 radical (unpaired) electrons. The zero-order valence-electron chi connectivity index (χ0n) is 8.17. The predicted octanol–water partition coefficient (Wildman–Crippen LogP) is 5.15. The van der Waals surface area contributed by atoms with Gasteiger partial charge >= 0.3 is 0 Å². The minimum Gasteiger partial charge on any atom is -0.453 e. The first-order valence-electron chi connectivity index (χ1n) is 4.68. The van der Waals surface area contributed by atoms with E-state index in [0.717, 1.165) is 16.9 Å². The maximum Gasteiger partial charge on any atom is 0.169 e. The Balaban J connectivity index is 2.23. The van der Waals surface area contributed by atoms with Crippen LogP contribution in [0.5, 0.6) is 0 Å². The van der Waals surface area contributed by atoms with E-state index < -0.39 is 0 Å². The molecule has 0 spiro atoms. The molecular weight excluding hydrogens is 340 g/mol. The molecule has 80 valence electrons. The second-order valence-electron chi connectivity index (χ2n) is 3.16. The first-order chi connectivity index (χ1) is 7.20. The maximum atomic E-state index is 5.52. The standard InChI is InChI=1S/C11H10Br2OS/c1-2-7-3-5-9(15-7)11(13)8-4-6-10(12)14-8/h3-6,11H,2H2,1H3. The Hall–Kier alpha value is -0.0600. The Morgan fingerprint density at radius 3 is 2.67 bits per heavy atom. The molecule has 2 heterocycles. The van der Waals surface area contributed by atoms with E-state index in [4.69, 9.17) is 4.42 Å². The summed E-state index contributed by atoms with van der Waals surface area (Å²) in [5.41, 5.74) is 0. The lowest BCUT2D eigenvalue weighted by molar-refractivity contribution is 0.498. The molecule has 1 unspecified atom stereocenters. The molecule has 2 aromatic heterocycles. The van der Waals surface area contributed by atoms with Crippen molar-refractivity contribution in [1.29, 1.82) is 0 Å². The predicted molar refractivity (Wildman–Crippen MR) is 70.9 cm³/mol. The Bertz CT molecular complexity index is 447. The van der Waals surface area contributed by atoms with Gasteiger partial charge in [0.2, 0.25) is 0 Å². The Morgan fingerprint density at radius 2 is 2.13 bits per heavy atom. The van der Waals surface area contributed by atoms with Gasteiger partial charge in [-0.1, -0.05) is 22.9 Å². The topological polar surface area (TPSA) is 13.1 Å². The van der Waals surface area contributed by atoms with Crippen molar-refractivity contribution in [3.8, 4) is 0 Å². The lowest BCUT2D eigenvalue weighted by Crippen LogP contribution is -1.85. The number of furan rings is 1. The zero-order valence-corrected chi connectivity index (χ0v) is 12.2. The van der Waals surface area contributed by atoms with Gasteiger partial charge in [0, 0.05) is 9.75 Å². The van der Waals surface area contributed by atoms with Gasteiger partial charge in [0.05, 0.1) is 0 Å². The summed E-state index contributed by atoms with van der Waals surface area (Å²) in [6.07, 6.45) is 1.09. The fourth-order valence-corrected chi connectivity index (χ4v) is 3.26. The van der Waals surface area contributed by atoms with Crippen molar-refractivity contribution < 1.29 is 4.42 Å². The highest BCUT2D eigenvalue weighted by atomic mass is 79.9. The molecule has 0 saturated heterocycles. The number of alkyl halides is 1. The molecular formula is C11H10Br2OS. The zero-order chi connectivity index (χ0) is 10.8. The van der Waals surface area contributed by atoms with E-state index in [1.807, 2.05) is 23.5 Å². The quantitative estimate of drug-likeness (QED) is 0.698. The highest BCUT2D eigenvalue weighted by Crippen LogP contribution is 2.36. The van der Waals surface area contributed by atoms with Crippen LogP contribution in [0.2, 0.25) is 0 Å². The Kier molecular flexibility index (Phi) is 3.69. The summed E-state index contributed by atoms with van der Waals surface area (Å²) in [6.45, 7) is 2.17. The van der Waals surface area contributed by atoms with Crippen LogP contribution in [0.15, 0.2) is 33.4 Å². The molecule has 0 aliphatic rings. The van der Waals surface area contributed by atoms with Crippen LogP contribution >= 0.6 is 43.2 Å². The fourth-order valence-electron chi connectivity index (χ4n) is 1.33. The molecule has 2 rings (SSSR count). The normalized spacial score (nSPS) is 13.0. The SMILES string of the molecule is CCc1ccc(C(Br)c2ccc(Br)o2)s1. The monoisotopic (exact) mass is 348 g/mol. The molecule has 15 heavy (non-hydrogen) atoms. The van der Waals surface area contributed by atoms with Crippen LogP contribution in [0.3, 0.4) is 0 Å². The lowest BCUT2D eigenvalue weighted by Gasteiger charge is -2.02. The van der Waals surface area contributed by atoms with Crippen LogP contribution in [-0.4, -0.2) is 0 Å². The van der Waals surface area contributed by atoms with Crippen molar-refractivity contribution in [2.24, 2.45) is 0 Å². The van der Waals surface area contributed by atoms with Crippen LogP contribution in [0.4, 0.5) is 0 Å². The van der Waals surface area contributed by atoms with Gasteiger partial charge in [0.1, 0.15) is 10.6 Å². The number of hydrogen-bond donors (Lipinski definition) is 0. The molecule has 0 aliphatic heterocycles. The summed E-state index contributed by atoms with van der Waals surface area (Å²) in [6, 6.07) is 8.22. The van der Waals surface area contributed by atoms with Gasteiger partial charge in [0.15, 0.2) is 4.67 Å². The largest absolute Gasteiger partial charge is 0.453 e. The summed E-state index contributed by atoms with van der Waals surface area (Å²) < 4.78 is 6.29. The van der Waals surface area contributed by atoms with E-state index in [0.29, 0.717) is 0 Å². The molecule has 0 fully saturated rings. The second kappa shape index (κ2) is 4.85. The van der Waals surface area contributed by atoms with Crippen molar-refractivity contribution in [2.75, 3.05) is 0 Å². The van der Waals surface area contributed by atoms with Crippen LogP contribution < -0.4 is 0 Å². The number of rotatable bonds is 3. The van der Waals surface area contributed by atoms with Crippen LogP contribution in [0, 0.1) is 0 Å². The van der Waals surface area contributed by atoms with Gasteiger partial charge in [-0.15, -0.1) is 11.3 Å². The molecule has 0 aromatic carbocycles. The lowest BCUT2D eigenvalue weighted by atomic mass is 10.3. The van der Waals surface area contributed by atoms with Crippen molar-refractivity contribution in [3.63, 3.8) is 0 Å². The minimum absolute atomic E-state index is 0.161. The van der Waals surface area contributed by atoms with Crippen molar-refractivity contribution >= 4 is 43.2 Å². The Labute approximate surface area is 110 Å². The molecule has 1 atom stereocenters. The molecule has 0 amide bonds. The summed E-state index contributed by atoms with van der Waals surface area (Å²) in [7, 11) is 0. The third-order valence-electron chi connectivity index (χ3n) is 2.12. The highest BCUT2D eigenvalue weighted by molar-refractivity contribution is 9.10. The molecule has 1 nitrogen and oxygen atoms in total. The molecule has 4 heteroatoms. The third kappa shape index (κ3) is 2.55. The molecule has 0 N–H and O–H groups in total. The molecule has 0 aliphatic carbocycles. The number of hydrogen-bond acceptors (Lipinski definition) is 2. The Morgan fingerprint density at radius 1 is 1.33 bits per heavy atom. The average Bonchev–Trinajstić information content (AvgIpc) is 2.84. The summed E-state index contributed by atoms with van der Waals surface area (Å²) >= 11 is 8.78. The van der Waals surface area contributed by atoms with Crippen molar-refractivity contribution in [3.05, 3.63) is 44.4 Å². The first-order valence-corrected chi connectivity index (χ1v) is 7.21. The number of halogens is 2. The second-order valence-corrected chi connectivity index (χ2v) is 6.06. The average molecular weight is 350 g/mol. The minimum atomic E-state index is 0.161. The van der Waals surface area contributed by atoms with Gasteiger partial charge in [-0.25, -0.2) is 0 Å². The van der Waals surface area contributed by atoms with E-state index in [9.17, 15) is 0 Å². The summed E-state index contributed by atoms with van der Waals surface area (Å²) in [5, 5.41) is 0. The van der Waals surface area contributed by atoms with Crippen LogP contribution in [0.1, 0.15) is 27.3 Å². The number of thiophene rings is 1. The molecule has 2 aromatic rings. The maximum absolute atomic E-state index is 5.52. The van der Waals surface area contributed by atoms with Gasteiger partial charge in [0.25, 0.3) is 0 Å². The highest BCUT2D eigenvalue weighted by Gasteiger charge is 2.15. The van der Waals surface area contributed by atoms with E-state index in [2.05, 4.69) is 50.9 Å². The van der Waals surface area contributed by atoms with Gasteiger partial charge < -0.3 is 4.42 Å². The fraction of sp³-hybridized carbons (Fsp3) is 0.273. The van der Waals surface area contributed by atoms with Crippen LogP contribution in [0.25, 0.3) is 0 Å². The molecule has 0 bridgehead atoms. The van der Waals surface area contributed by atoms with E-state index in [-0.39, 0.29) is 4.83 Å². The molecule has 0 saturated carbocycles. The van der Waals surface area contributed by atoms with Crippen molar-refractivity contribution in [1.82, 2.24) is 0 Å². The van der Waals surface area contributed by atoms with E-state index in [1.165, 1.54) is 9.75 Å². The third-order valence-corrected chi connectivity index (χ3v) is 5.09. The van der Waals surface area contributed by atoms with E-state index >= 15 is 0 Å². The smallest absolute Gasteiger partial charge is 0.169 e. The van der Waals surface area contributed by atoms with Gasteiger partial charge in [-0.05, 0) is 46.6 Å². The van der Waals surface area contributed by atoms with Crippen molar-refractivity contribution in [2.45, 2.75) is 18.2 Å².